The molecule has 0 heterocycles. The summed E-state index contributed by atoms with van der Waals surface area (Å²) in [7, 11) is 0. The average molecular weight is 375 g/mol. The fourth-order valence-corrected chi connectivity index (χ4v) is 3.79. The number of nitrogens with zero attached hydrogens (tertiary/aromatic N) is 1. The summed E-state index contributed by atoms with van der Waals surface area (Å²) in [5, 5.41) is 9.53. The number of rotatable bonds is 8. The van der Waals surface area contributed by atoms with E-state index in [0.29, 0.717) is 31.5 Å². The number of aliphatic imine (C=N–C) groups is 1. The van der Waals surface area contributed by atoms with Gasteiger partial charge >= 0.3 is 0 Å². The highest BCUT2D eigenvalue weighted by Crippen LogP contribution is 2.49. The molecule has 2 aliphatic carbocycles. The molecule has 148 valence electrons. The van der Waals surface area contributed by atoms with Crippen LogP contribution in [0.15, 0.2) is 29.3 Å². The third kappa shape index (κ3) is 5.44. The Kier molecular flexibility index (Phi) is 6.69. The molecule has 1 aromatic rings. The Hall–Kier alpha value is -2.11. The van der Waals surface area contributed by atoms with Crippen LogP contribution in [0, 0.1) is 5.82 Å². The van der Waals surface area contributed by atoms with E-state index >= 15 is 0 Å². The van der Waals surface area contributed by atoms with Gasteiger partial charge < -0.3 is 16.0 Å². The Balaban J connectivity index is 1.49. The van der Waals surface area contributed by atoms with Gasteiger partial charge in [0, 0.05) is 31.0 Å². The standard InChI is InChI=1S/C21H31FN4O/c1-2-23-20(24-14-11-19(27)26-16-7-3-4-8-16)25-15-21(12-13-21)17-9-5-6-10-18(17)22/h5-6,9-10,16H,2-4,7-8,11-15H2,1H3,(H,26,27)(H2,23,24,25). The Labute approximate surface area is 161 Å². The lowest BCUT2D eigenvalue weighted by Gasteiger charge is -2.17. The molecule has 0 radical (unpaired) electrons. The normalized spacial score (nSPS) is 19.0. The highest BCUT2D eigenvalue weighted by Gasteiger charge is 2.45. The molecule has 0 atom stereocenters. The molecule has 0 aliphatic heterocycles. The van der Waals surface area contributed by atoms with Crippen molar-refractivity contribution in [2.75, 3.05) is 19.6 Å². The number of carbonyl (C=O) groups excluding carboxylic acids is 1. The Morgan fingerprint density at radius 3 is 2.63 bits per heavy atom. The topological polar surface area (TPSA) is 65.5 Å². The third-order valence-corrected chi connectivity index (χ3v) is 5.55. The maximum Gasteiger partial charge on any atom is 0.221 e. The van der Waals surface area contributed by atoms with Crippen LogP contribution < -0.4 is 16.0 Å². The molecule has 2 fully saturated rings. The van der Waals surface area contributed by atoms with E-state index in [9.17, 15) is 9.18 Å². The zero-order chi connectivity index (χ0) is 19.1. The molecule has 3 N–H and O–H groups in total. The molecular formula is C21H31FN4O. The molecule has 0 bridgehead atoms. The van der Waals surface area contributed by atoms with Gasteiger partial charge in [-0.05, 0) is 44.2 Å². The first-order valence-corrected chi connectivity index (χ1v) is 10.2. The minimum atomic E-state index is -0.173. The fraction of sp³-hybridized carbons (Fsp3) is 0.619. The van der Waals surface area contributed by atoms with Crippen LogP contribution in [0.2, 0.25) is 0 Å². The van der Waals surface area contributed by atoms with Gasteiger partial charge in [0.25, 0.3) is 0 Å². The second kappa shape index (κ2) is 9.20. The quantitative estimate of drug-likeness (QED) is 0.484. The summed E-state index contributed by atoms with van der Waals surface area (Å²) >= 11 is 0. The van der Waals surface area contributed by atoms with Gasteiger partial charge in [0.15, 0.2) is 5.96 Å². The number of nitrogens with one attached hydrogen (secondary N) is 3. The van der Waals surface area contributed by atoms with Crippen molar-refractivity contribution in [2.45, 2.75) is 63.3 Å². The monoisotopic (exact) mass is 374 g/mol. The number of carbonyl (C=O) groups is 1. The summed E-state index contributed by atoms with van der Waals surface area (Å²) in [6, 6.07) is 7.35. The van der Waals surface area contributed by atoms with E-state index in [2.05, 4.69) is 20.9 Å². The van der Waals surface area contributed by atoms with E-state index in [1.807, 2.05) is 19.1 Å². The van der Waals surface area contributed by atoms with Gasteiger partial charge in [-0.25, -0.2) is 4.39 Å². The Morgan fingerprint density at radius 1 is 1.22 bits per heavy atom. The maximum atomic E-state index is 14.1. The Bertz CT molecular complexity index is 666. The molecule has 0 unspecified atom stereocenters. The van der Waals surface area contributed by atoms with Crippen LogP contribution in [-0.2, 0) is 10.2 Å². The molecule has 1 amide bonds. The first-order chi connectivity index (χ1) is 13.1. The van der Waals surface area contributed by atoms with Gasteiger partial charge in [-0.2, -0.15) is 0 Å². The lowest BCUT2D eigenvalue weighted by Crippen LogP contribution is -2.40. The molecule has 5 nitrogen and oxygen atoms in total. The van der Waals surface area contributed by atoms with Crippen molar-refractivity contribution in [1.82, 2.24) is 16.0 Å². The van der Waals surface area contributed by atoms with Crippen LogP contribution >= 0.6 is 0 Å². The number of hydrogen-bond acceptors (Lipinski definition) is 2. The predicted molar refractivity (Wildman–Crippen MR) is 106 cm³/mol. The van der Waals surface area contributed by atoms with Crippen LogP contribution in [0.3, 0.4) is 0 Å². The zero-order valence-corrected chi connectivity index (χ0v) is 16.2. The highest BCUT2D eigenvalue weighted by atomic mass is 19.1. The first kappa shape index (κ1) is 19.6. The zero-order valence-electron chi connectivity index (χ0n) is 16.2. The summed E-state index contributed by atoms with van der Waals surface area (Å²) < 4.78 is 14.1. The van der Waals surface area contributed by atoms with Gasteiger partial charge in [0.2, 0.25) is 5.91 Å². The van der Waals surface area contributed by atoms with E-state index in [1.54, 1.807) is 6.07 Å². The van der Waals surface area contributed by atoms with E-state index in [-0.39, 0.29) is 17.1 Å². The maximum absolute atomic E-state index is 14.1. The molecule has 1 aromatic carbocycles. The van der Waals surface area contributed by atoms with E-state index < -0.39 is 0 Å². The van der Waals surface area contributed by atoms with Crippen molar-refractivity contribution in [3.8, 4) is 0 Å². The second-order valence-electron chi connectivity index (χ2n) is 7.68. The molecule has 0 spiro atoms. The Morgan fingerprint density at radius 2 is 1.96 bits per heavy atom. The van der Waals surface area contributed by atoms with Gasteiger partial charge in [-0.15, -0.1) is 0 Å². The molecule has 6 heteroatoms. The molecule has 0 aromatic heterocycles. The van der Waals surface area contributed by atoms with Crippen LogP contribution in [0.25, 0.3) is 0 Å². The molecular weight excluding hydrogens is 343 g/mol. The van der Waals surface area contributed by atoms with Gasteiger partial charge in [0.1, 0.15) is 5.82 Å². The largest absolute Gasteiger partial charge is 0.357 e. The molecule has 27 heavy (non-hydrogen) atoms. The van der Waals surface area contributed by atoms with Crippen LogP contribution in [0.4, 0.5) is 4.39 Å². The summed E-state index contributed by atoms with van der Waals surface area (Å²) in [6.07, 6.45) is 6.97. The van der Waals surface area contributed by atoms with E-state index in [0.717, 1.165) is 37.8 Å². The summed E-state index contributed by atoms with van der Waals surface area (Å²) in [6.45, 7) is 3.84. The second-order valence-corrected chi connectivity index (χ2v) is 7.68. The SMILES string of the molecule is CCNC(=NCC1(c2ccccc2F)CC1)NCCC(=O)NC1CCCC1. The van der Waals surface area contributed by atoms with Crippen molar-refractivity contribution in [3.63, 3.8) is 0 Å². The predicted octanol–water partition coefficient (Wildman–Crippen LogP) is 2.86. The fourth-order valence-electron chi connectivity index (χ4n) is 3.79. The van der Waals surface area contributed by atoms with Crippen LogP contribution in [0.1, 0.15) is 57.4 Å². The van der Waals surface area contributed by atoms with Gasteiger partial charge in [-0.3, -0.25) is 9.79 Å². The molecule has 0 saturated heterocycles. The third-order valence-electron chi connectivity index (χ3n) is 5.55. The van der Waals surface area contributed by atoms with Crippen molar-refractivity contribution in [1.29, 1.82) is 0 Å². The van der Waals surface area contributed by atoms with Gasteiger partial charge in [-0.1, -0.05) is 31.0 Å². The van der Waals surface area contributed by atoms with Crippen molar-refractivity contribution in [3.05, 3.63) is 35.6 Å². The minimum absolute atomic E-state index is 0.0928. The molecule has 2 saturated carbocycles. The molecule has 3 rings (SSSR count). The van der Waals surface area contributed by atoms with Crippen LogP contribution in [0.5, 0.6) is 0 Å². The average Bonchev–Trinajstić information content (AvgIpc) is 3.27. The van der Waals surface area contributed by atoms with Crippen LogP contribution in [-0.4, -0.2) is 37.5 Å². The lowest BCUT2D eigenvalue weighted by molar-refractivity contribution is -0.121. The smallest absolute Gasteiger partial charge is 0.221 e. The van der Waals surface area contributed by atoms with Crippen molar-refractivity contribution < 1.29 is 9.18 Å². The summed E-state index contributed by atoms with van der Waals surface area (Å²) in [5.74, 6) is 0.635. The highest BCUT2D eigenvalue weighted by molar-refractivity contribution is 5.81. The minimum Gasteiger partial charge on any atom is -0.357 e. The number of guanidine groups is 1. The van der Waals surface area contributed by atoms with E-state index in [1.165, 1.54) is 18.9 Å². The molecule has 2 aliphatic rings. The van der Waals surface area contributed by atoms with E-state index in [4.69, 9.17) is 0 Å². The number of benzene rings is 1. The number of hydrogen-bond donors (Lipinski definition) is 3. The summed E-state index contributed by atoms with van der Waals surface area (Å²) in [5.41, 5.74) is 0.591. The van der Waals surface area contributed by atoms with Gasteiger partial charge in [0.05, 0.1) is 6.54 Å². The number of amides is 1. The first-order valence-electron chi connectivity index (χ1n) is 10.2. The van der Waals surface area contributed by atoms with Crippen molar-refractivity contribution >= 4 is 11.9 Å². The summed E-state index contributed by atoms with van der Waals surface area (Å²) in [4.78, 5) is 16.7. The number of halogens is 1. The van der Waals surface area contributed by atoms with Crippen molar-refractivity contribution in [2.24, 2.45) is 4.99 Å². The lowest BCUT2D eigenvalue weighted by atomic mass is 9.95.